The molecule has 4 amide bonds. The lowest BCUT2D eigenvalue weighted by molar-refractivity contribution is -0.139. The Kier molecular flexibility index (Phi) is 6.27. The van der Waals surface area contributed by atoms with Crippen LogP contribution in [0.5, 0.6) is 0 Å². The Morgan fingerprint density at radius 1 is 0.943 bits per heavy atom. The summed E-state index contributed by atoms with van der Waals surface area (Å²) >= 11 is 0. The quantitative estimate of drug-likeness (QED) is 0.516. The van der Waals surface area contributed by atoms with Crippen LogP contribution in [-0.4, -0.2) is 66.2 Å². The zero-order valence-corrected chi connectivity index (χ0v) is 19.1. The van der Waals surface area contributed by atoms with E-state index in [1.165, 1.54) is 36.9 Å². The molecule has 184 valence electrons. The number of hydrogen-bond acceptors (Lipinski definition) is 5. The van der Waals surface area contributed by atoms with Gasteiger partial charge in [-0.05, 0) is 49.7 Å². The number of carbonyl (C=O) groups excluding carboxylic acids is 4. The Labute approximate surface area is 199 Å². The lowest BCUT2D eigenvalue weighted by Gasteiger charge is -2.36. The molecule has 2 aromatic rings. The first kappa shape index (κ1) is 24.2. The lowest BCUT2D eigenvalue weighted by atomic mass is 9.92. The molecule has 2 aliphatic heterocycles. The predicted octanol–water partition coefficient (Wildman–Crippen LogP) is 2.42. The summed E-state index contributed by atoms with van der Waals surface area (Å²) in [5, 5.41) is 2.45. The van der Waals surface area contributed by atoms with Crippen molar-refractivity contribution < 1.29 is 32.3 Å². The smallest absolute Gasteiger partial charge is 0.325 e. The van der Waals surface area contributed by atoms with Gasteiger partial charge >= 0.3 is 6.03 Å². The number of urea groups is 1. The molecule has 1 atom stereocenters. The molecule has 35 heavy (non-hydrogen) atoms. The van der Waals surface area contributed by atoms with Crippen LogP contribution in [0.25, 0.3) is 0 Å². The normalized spacial score (nSPS) is 20.3. The number of Topliss-reactive ketones (excluding diaryl/α,β-unsaturated/α-hetero) is 1. The maximum absolute atomic E-state index is 14.5. The van der Waals surface area contributed by atoms with E-state index in [0.717, 1.165) is 17.0 Å². The summed E-state index contributed by atoms with van der Waals surface area (Å²) in [6.45, 7) is 3.28. The Balaban J connectivity index is 1.40. The SMILES string of the molecule is CC(=O)c1ccc(N2CCN(C(=O)CN3C(=O)NC(C)(c4ccc(F)c(F)c4)C3=O)CC2)c(F)c1. The number of imide groups is 1. The van der Waals surface area contributed by atoms with Crippen LogP contribution in [-0.2, 0) is 15.1 Å². The van der Waals surface area contributed by atoms with Crippen molar-refractivity contribution in [3.63, 3.8) is 0 Å². The van der Waals surface area contributed by atoms with E-state index in [1.54, 1.807) is 11.0 Å². The first-order valence-electron chi connectivity index (χ1n) is 10.9. The summed E-state index contributed by atoms with van der Waals surface area (Å²) < 4.78 is 41.5. The van der Waals surface area contributed by atoms with Gasteiger partial charge in [0.15, 0.2) is 17.4 Å². The minimum atomic E-state index is -1.64. The van der Waals surface area contributed by atoms with Crippen molar-refractivity contribution in [3.05, 3.63) is 65.0 Å². The summed E-state index contributed by atoms with van der Waals surface area (Å²) in [5.74, 6) is -4.26. The van der Waals surface area contributed by atoms with Crippen LogP contribution >= 0.6 is 0 Å². The molecule has 0 saturated carbocycles. The van der Waals surface area contributed by atoms with Crippen molar-refractivity contribution in [2.45, 2.75) is 19.4 Å². The van der Waals surface area contributed by atoms with Gasteiger partial charge in [-0.15, -0.1) is 0 Å². The number of amides is 4. The second kappa shape index (κ2) is 9.05. The highest BCUT2D eigenvalue weighted by Gasteiger charge is 2.50. The van der Waals surface area contributed by atoms with E-state index in [0.29, 0.717) is 18.8 Å². The molecule has 2 heterocycles. The fourth-order valence-electron chi connectivity index (χ4n) is 4.26. The third-order valence-corrected chi connectivity index (χ3v) is 6.39. The van der Waals surface area contributed by atoms with Crippen LogP contribution in [0.1, 0.15) is 29.8 Å². The molecule has 0 spiro atoms. The maximum Gasteiger partial charge on any atom is 0.325 e. The molecule has 0 bridgehead atoms. The van der Waals surface area contributed by atoms with Crippen LogP contribution in [0.3, 0.4) is 0 Å². The van der Waals surface area contributed by atoms with Gasteiger partial charge in [-0.3, -0.25) is 19.3 Å². The Morgan fingerprint density at radius 2 is 1.63 bits per heavy atom. The topological polar surface area (TPSA) is 90.0 Å². The van der Waals surface area contributed by atoms with E-state index in [4.69, 9.17) is 0 Å². The Bertz CT molecular complexity index is 1230. The fourth-order valence-corrected chi connectivity index (χ4v) is 4.26. The third-order valence-electron chi connectivity index (χ3n) is 6.39. The van der Waals surface area contributed by atoms with E-state index in [9.17, 15) is 32.3 Å². The van der Waals surface area contributed by atoms with Gasteiger partial charge in [0.25, 0.3) is 5.91 Å². The number of benzene rings is 2. The third kappa shape index (κ3) is 4.45. The van der Waals surface area contributed by atoms with Crippen molar-refractivity contribution in [1.82, 2.24) is 15.1 Å². The van der Waals surface area contributed by atoms with E-state index in [1.807, 2.05) is 0 Å². The molecule has 0 aliphatic carbocycles. The molecule has 1 N–H and O–H groups in total. The second-order valence-electron chi connectivity index (χ2n) is 8.67. The summed E-state index contributed by atoms with van der Waals surface area (Å²) in [4.78, 5) is 53.7. The van der Waals surface area contributed by atoms with Crippen molar-refractivity contribution in [1.29, 1.82) is 0 Å². The molecule has 0 radical (unpaired) electrons. The molecule has 2 saturated heterocycles. The first-order valence-corrected chi connectivity index (χ1v) is 10.9. The minimum Gasteiger partial charge on any atom is -0.366 e. The number of halogens is 3. The molecule has 2 aromatic carbocycles. The fraction of sp³-hybridized carbons (Fsp3) is 0.333. The van der Waals surface area contributed by atoms with Crippen molar-refractivity contribution in [3.8, 4) is 0 Å². The van der Waals surface area contributed by atoms with E-state index in [2.05, 4.69) is 5.32 Å². The number of piperazine rings is 1. The highest BCUT2D eigenvalue weighted by Crippen LogP contribution is 2.30. The van der Waals surface area contributed by atoms with Gasteiger partial charge in [0, 0.05) is 31.7 Å². The monoisotopic (exact) mass is 488 g/mol. The Morgan fingerprint density at radius 3 is 2.23 bits per heavy atom. The molecule has 2 fully saturated rings. The average molecular weight is 488 g/mol. The number of rotatable bonds is 5. The zero-order chi connectivity index (χ0) is 25.5. The summed E-state index contributed by atoms with van der Waals surface area (Å²) in [6.07, 6.45) is 0. The Hall–Kier alpha value is -3.89. The summed E-state index contributed by atoms with van der Waals surface area (Å²) in [6, 6.07) is 6.32. The maximum atomic E-state index is 14.5. The largest absolute Gasteiger partial charge is 0.366 e. The number of nitrogens with one attached hydrogen (secondary N) is 1. The number of hydrogen-bond donors (Lipinski definition) is 1. The van der Waals surface area contributed by atoms with Gasteiger partial charge in [0.05, 0.1) is 5.69 Å². The molecule has 1 unspecified atom stereocenters. The lowest BCUT2D eigenvalue weighted by Crippen LogP contribution is -2.52. The summed E-state index contributed by atoms with van der Waals surface area (Å²) in [5.41, 5.74) is -1.01. The van der Waals surface area contributed by atoms with Crippen molar-refractivity contribution in [2.24, 2.45) is 0 Å². The molecule has 8 nitrogen and oxygen atoms in total. The standard InChI is InChI=1S/C24H23F3N4O4/c1-14(32)15-3-6-20(19(27)11-15)29-7-9-30(10-8-29)21(33)13-31-22(34)24(2,28-23(31)35)16-4-5-17(25)18(26)12-16/h3-6,11-12H,7-10,13H2,1-2H3,(H,28,35). The van der Waals surface area contributed by atoms with Crippen molar-refractivity contribution in [2.75, 3.05) is 37.6 Å². The van der Waals surface area contributed by atoms with E-state index in [-0.39, 0.29) is 30.0 Å². The van der Waals surface area contributed by atoms with E-state index >= 15 is 0 Å². The van der Waals surface area contributed by atoms with Gasteiger partial charge < -0.3 is 15.1 Å². The van der Waals surface area contributed by atoms with Crippen LogP contribution in [0, 0.1) is 17.5 Å². The highest BCUT2D eigenvalue weighted by molar-refractivity contribution is 6.09. The number of anilines is 1. The van der Waals surface area contributed by atoms with Gasteiger partial charge in [-0.25, -0.2) is 18.0 Å². The van der Waals surface area contributed by atoms with Gasteiger partial charge in [0.2, 0.25) is 5.91 Å². The highest BCUT2D eigenvalue weighted by atomic mass is 19.2. The first-order chi connectivity index (χ1) is 16.5. The zero-order valence-electron chi connectivity index (χ0n) is 19.1. The van der Waals surface area contributed by atoms with Gasteiger partial charge in [0.1, 0.15) is 17.9 Å². The van der Waals surface area contributed by atoms with Crippen LogP contribution < -0.4 is 10.2 Å². The van der Waals surface area contributed by atoms with Gasteiger partial charge in [-0.1, -0.05) is 6.07 Å². The number of nitrogens with zero attached hydrogens (tertiary/aromatic N) is 3. The average Bonchev–Trinajstić information content (AvgIpc) is 3.04. The second-order valence-corrected chi connectivity index (χ2v) is 8.67. The van der Waals surface area contributed by atoms with Crippen LogP contribution in [0.2, 0.25) is 0 Å². The molecule has 11 heteroatoms. The van der Waals surface area contributed by atoms with Crippen LogP contribution in [0.4, 0.5) is 23.7 Å². The van der Waals surface area contributed by atoms with Gasteiger partial charge in [-0.2, -0.15) is 0 Å². The molecule has 0 aromatic heterocycles. The molecular weight excluding hydrogens is 465 g/mol. The van der Waals surface area contributed by atoms with E-state index < -0.39 is 47.4 Å². The number of ketones is 1. The molecular formula is C24H23F3N4O4. The van der Waals surface area contributed by atoms with Crippen LogP contribution in [0.15, 0.2) is 36.4 Å². The molecule has 4 rings (SSSR count). The number of carbonyl (C=O) groups is 4. The van der Waals surface area contributed by atoms with Crippen molar-refractivity contribution >= 4 is 29.3 Å². The minimum absolute atomic E-state index is 0.0520. The predicted molar refractivity (Wildman–Crippen MR) is 119 cm³/mol. The summed E-state index contributed by atoms with van der Waals surface area (Å²) in [7, 11) is 0. The molecule has 2 aliphatic rings.